The first kappa shape index (κ1) is 6.93. The minimum Gasteiger partial charge on any atom is -0.333 e. The standard InChI is InChI=1S/C6H11NOS/c1-5(8)7-3-6(7,2)4-9/h9H,3-4H2,1-2H3. The van der Waals surface area contributed by atoms with Gasteiger partial charge in [-0.05, 0) is 6.92 Å². The molecule has 0 saturated carbocycles. The van der Waals surface area contributed by atoms with Crippen LogP contribution >= 0.6 is 12.6 Å². The number of carbonyl (C=O) groups excluding carboxylic acids is 1. The molecule has 1 aliphatic rings. The van der Waals surface area contributed by atoms with Crippen LogP contribution in [0.2, 0.25) is 0 Å². The molecule has 1 atom stereocenters. The molecule has 52 valence electrons. The van der Waals surface area contributed by atoms with Gasteiger partial charge in [0, 0.05) is 19.2 Å². The highest BCUT2D eigenvalue weighted by Gasteiger charge is 2.47. The molecule has 9 heavy (non-hydrogen) atoms. The Morgan fingerprint density at radius 3 is 2.56 bits per heavy atom. The van der Waals surface area contributed by atoms with Gasteiger partial charge in [0.15, 0.2) is 0 Å². The highest BCUT2D eigenvalue weighted by molar-refractivity contribution is 7.80. The summed E-state index contributed by atoms with van der Waals surface area (Å²) in [6, 6.07) is 0. The van der Waals surface area contributed by atoms with E-state index in [9.17, 15) is 4.79 Å². The van der Waals surface area contributed by atoms with Crippen molar-refractivity contribution in [3.63, 3.8) is 0 Å². The van der Waals surface area contributed by atoms with Gasteiger partial charge in [-0.15, -0.1) is 0 Å². The molecule has 0 aliphatic carbocycles. The SMILES string of the molecule is CC(=O)N1CC1(C)CS. The van der Waals surface area contributed by atoms with E-state index in [1.165, 1.54) is 0 Å². The first-order chi connectivity index (χ1) is 4.10. The first-order valence-corrected chi connectivity index (χ1v) is 3.62. The number of amides is 1. The lowest BCUT2D eigenvalue weighted by atomic mass is 10.2. The largest absolute Gasteiger partial charge is 0.333 e. The van der Waals surface area contributed by atoms with E-state index in [4.69, 9.17) is 0 Å². The van der Waals surface area contributed by atoms with E-state index in [1.54, 1.807) is 6.92 Å². The van der Waals surface area contributed by atoms with E-state index in [-0.39, 0.29) is 11.4 Å². The van der Waals surface area contributed by atoms with Gasteiger partial charge in [-0.1, -0.05) is 0 Å². The third-order valence-electron chi connectivity index (χ3n) is 1.77. The van der Waals surface area contributed by atoms with Gasteiger partial charge >= 0.3 is 0 Å². The first-order valence-electron chi connectivity index (χ1n) is 2.99. The van der Waals surface area contributed by atoms with Crippen LogP contribution in [0, 0.1) is 0 Å². The Hall–Kier alpha value is -0.180. The van der Waals surface area contributed by atoms with E-state index >= 15 is 0 Å². The average Bonchev–Trinajstić information content (AvgIpc) is 2.44. The van der Waals surface area contributed by atoms with Crippen molar-refractivity contribution < 1.29 is 4.79 Å². The molecule has 0 N–H and O–H groups in total. The van der Waals surface area contributed by atoms with Crippen LogP contribution in [-0.2, 0) is 4.79 Å². The molecule has 0 spiro atoms. The van der Waals surface area contributed by atoms with Gasteiger partial charge in [-0.3, -0.25) is 4.79 Å². The summed E-state index contributed by atoms with van der Waals surface area (Å²) in [6.45, 7) is 4.52. The number of nitrogens with zero attached hydrogens (tertiary/aromatic N) is 1. The maximum absolute atomic E-state index is 10.7. The Balaban J connectivity index is 2.48. The van der Waals surface area contributed by atoms with Crippen molar-refractivity contribution in [3.8, 4) is 0 Å². The minimum absolute atomic E-state index is 0.0783. The van der Waals surface area contributed by atoms with E-state index in [0.717, 1.165) is 12.3 Å². The van der Waals surface area contributed by atoms with Crippen molar-refractivity contribution in [1.29, 1.82) is 0 Å². The van der Waals surface area contributed by atoms with Crippen molar-refractivity contribution >= 4 is 18.5 Å². The number of hydrogen-bond donors (Lipinski definition) is 1. The Bertz CT molecular complexity index is 148. The summed E-state index contributed by atoms with van der Waals surface area (Å²) < 4.78 is 0. The summed E-state index contributed by atoms with van der Waals surface area (Å²) in [4.78, 5) is 12.5. The highest BCUT2D eigenvalue weighted by Crippen LogP contribution is 2.32. The highest BCUT2D eigenvalue weighted by atomic mass is 32.1. The minimum atomic E-state index is 0.0783. The molecule has 3 heteroatoms. The van der Waals surface area contributed by atoms with Crippen molar-refractivity contribution in [2.75, 3.05) is 12.3 Å². The van der Waals surface area contributed by atoms with Gasteiger partial charge in [-0.25, -0.2) is 0 Å². The van der Waals surface area contributed by atoms with Crippen LogP contribution in [0.25, 0.3) is 0 Å². The van der Waals surface area contributed by atoms with Gasteiger partial charge in [-0.2, -0.15) is 12.6 Å². The average molecular weight is 145 g/mol. The van der Waals surface area contributed by atoms with Crippen LogP contribution in [0.15, 0.2) is 0 Å². The maximum atomic E-state index is 10.7. The summed E-state index contributed by atoms with van der Waals surface area (Å²) in [5.74, 6) is 0.929. The second kappa shape index (κ2) is 1.90. The van der Waals surface area contributed by atoms with Crippen LogP contribution in [0.3, 0.4) is 0 Å². The molecule has 0 aromatic heterocycles. The second-order valence-corrected chi connectivity index (χ2v) is 3.08. The smallest absolute Gasteiger partial charge is 0.220 e. The number of thiol groups is 1. The molecule has 1 rings (SSSR count). The summed E-state index contributed by atoms with van der Waals surface area (Å²) in [5.41, 5.74) is 0.0783. The fraction of sp³-hybridized carbons (Fsp3) is 0.833. The molecule has 0 bridgehead atoms. The molecule has 1 amide bonds. The molecule has 2 nitrogen and oxygen atoms in total. The fourth-order valence-electron chi connectivity index (χ4n) is 0.932. The molecule has 0 radical (unpaired) electrons. The number of carbonyl (C=O) groups is 1. The number of rotatable bonds is 1. The molecular formula is C6H11NOS. The lowest BCUT2D eigenvalue weighted by Crippen LogP contribution is -2.19. The summed E-state index contributed by atoms with van der Waals surface area (Å²) in [7, 11) is 0. The number of hydrogen-bond acceptors (Lipinski definition) is 2. The Kier molecular flexibility index (Phi) is 1.47. The second-order valence-electron chi connectivity index (χ2n) is 2.76. The van der Waals surface area contributed by atoms with E-state index in [2.05, 4.69) is 12.6 Å². The lowest BCUT2D eigenvalue weighted by molar-refractivity contribution is -0.124. The Labute approximate surface area is 60.6 Å². The van der Waals surface area contributed by atoms with E-state index in [1.807, 2.05) is 11.8 Å². The van der Waals surface area contributed by atoms with Gasteiger partial charge in [0.2, 0.25) is 5.91 Å². The molecule has 0 aromatic carbocycles. The fourth-order valence-corrected chi connectivity index (χ4v) is 1.20. The van der Waals surface area contributed by atoms with Crippen LogP contribution in [0.5, 0.6) is 0 Å². The summed E-state index contributed by atoms with van der Waals surface area (Å²) >= 11 is 4.12. The zero-order valence-corrected chi connectivity index (χ0v) is 6.61. The maximum Gasteiger partial charge on any atom is 0.220 e. The zero-order valence-electron chi connectivity index (χ0n) is 5.72. The van der Waals surface area contributed by atoms with Gasteiger partial charge in [0.05, 0.1) is 5.54 Å². The monoisotopic (exact) mass is 145 g/mol. The van der Waals surface area contributed by atoms with Gasteiger partial charge in [0.25, 0.3) is 0 Å². The van der Waals surface area contributed by atoms with Crippen molar-refractivity contribution in [2.45, 2.75) is 19.4 Å². The predicted octanol–water partition coefficient (Wildman–Crippen LogP) is 0.537. The quantitative estimate of drug-likeness (QED) is 0.421. The van der Waals surface area contributed by atoms with Crippen molar-refractivity contribution in [2.24, 2.45) is 0 Å². The molecule has 1 heterocycles. The molecular weight excluding hydrogens is 134 g/mol. The summed E-state index contributed by atoms with van der Waals surface area (Å²) in [5, 5.41) is 0. The Morgan fingerprint density at radius 1 is 1.89 bits per heavy atom. The van der Waals surface area contributed by atoms with E-state index < -0.39 is 0 Å². The van der Waals surface area contributed by atoms with Crippen molar-refractivity contribution in [3.05, 3.63) is 0 Å². The van der Waals surface area contributed by atoms with Crippen molar-refractivity contribution in [1.82, 2.24) is 4.90 Å². The molecule has 1 fully saturated rings. The van der Waals surface area contributed by atoms with Crippen LogP contribution < -0.4 is 0 Å². The van der Waals surface area contributed by atoms with Crippen LogP contribution in [-0.4, -0.2) is 28.6 Å². The summed E-state index contributed by atoms with van der Waals surface area (Å²) in [6.07, 6.45) is 0. The molecule has 1 aliphatic heterocycles. The lowest BCUT2D eigenvalue weighted by Gasteiger charge is -2.04. The van der Waals surface area contributed by atoms with E-state index in [0.29, 0.717) is 0 Å². The predicted molar refractivity (Wildman–Crippen MR) is 39.6 cm³/mol. The molecule has 1 saturated heterocycles. The van der Waals surface area contributed by atoms with Gasteiger partial charge in [0.1, 0.15) is 0 Å². The molecule has 0 aromatic rings. The van der Waals surface area contributed by atoms with Crippen LogP contribution in [0.4, 0.5) is 0 Å². The van der Waals surface area contributed by atoms with Gasteiger partial charge < -0.3 is 4.90 Å². The zero-order chi connectivity index (χ0) is 7.07. The topological polar surface area (TPSA) is 20.1 Å². The normalized spacial score (nSPS) is 32.6. The Morgan fingerprint density at radius 2 is 2.44 bits per heavy atom. The van der Waals surface area contributed by atoms with Crippen LogP contribution in [0.1, 0.15) is 13.8 Å². The third-order valence-corrected chi connectivity index (χ3v) is 2.45. The molecule has 1 unspecified atom stereocenters. The third kappa shape index (κ3) is 1.06.